The first-order chi connectivity index (χ1) is 17.7. The van der Waals surface area contributed by atoms with Crippen molar-refractivity contribution in [2.45, 2.75) is 70.1 Å². The van der Waals surface area contributed by atoms with Crippen LogP contribution in [0.1, 0.15) is 45.1 Å². The van der Waals surface area contributed by atoms with Gasteiger partial charge in [-0.3, -0.25) is 24.0 Å². The van der Waals surface area contributed by atoms with Gasteiger partial charge in [0.15, 0.2) is 0 Å². The Bertz CT molecular complexity index is 1020. The van der Waals surface area contributed by atoms with Gasteiger partial charge >= 0.3 is 11.9 Å². The fourth-order valence-electron chi connectivity index (χ4n) is 3.33. The van der Waals surface area contributed by atoms with Crippen molar-refractivity contribution in [3.63, 3.8) is 0 Å². The van der Waals surface area contributed by atoms with Crippen molar-refractivity contribution in [3.8, 4) is 5.75 Å². The lowest BCUT2D eigenvalue weighted by molar-refractivity contribution is -0.143. The Labute approximate surface area is 219 Å². The number of aromatic hydroxyl groups is 1. The molecule has 0 fully saturated rings. The molecule has 1 rings (SSSR count). The van der Waals surface area contributed by atoms with Gasteiger partial charge < -0.3 is 42.7 Å². The van der Waals surface area contributed by atoms with Crippen molar-refractivity contribution in [1.29, 1.82) is 0 Å². The molecule has 4 amide bonds. The minimum Gasteiger partial charge on any atom is -0.508 e. The van der Waals surface area contributed by atoms with Crippen molar-refractivity contribution >= 4 is 35.6 Å². The maximum Gasteiger partial charge on any atom is 0.326 e. The monoisotopic (exact) mass is 537 g/mol. The molecule has 5 atom stereocenters. The fraction of sp³-hybridized carbons (Fsp3) is 0.500. The summed E-state index contributed by atoms with van der Waals surface area (Å²) in [7, 11) is 0. The summed E-state index contributed by atoms with van der Waals surface area (Å²) in [6.45, 7) is 3.52. The molecule has 210 valence electrons. The van der Waals surface area contributed by atoms with Gasteiger partial charge in [-0.2, -0.15) is 0 Å². The number of benzene rings is 1. The average molecular weight is 538 g/mol. The first-order valence-electron chi connectivity index (χ1n) is 11.9. The molecule has 0 aliphatic heterocycles. The predicted molar refractivity (Wildman–Crippen MR) is 133 cm³/mol. The smallest absolute Gasteiger partial charge is 0.326 e. The van der Waals surface area contributed by atoms with Gasteiger partial charge in [-0.1, -0.05) is 32.4 Å². The van der Waals surface area contributed by atoms with E-state index >= 15 is 0 Å². The minimum absolute atomic E-state index is 0.0574. The molecule has 0 spiro atoms. The van der Waals surface area contributed by atoms with Gasteiger partial charge in [-0.25, -0.2) is 4.79 Å². The van der Waals surface area contributed by atoms with Crippen LogP contribution >= 0.6 is 0 Å². The lowest BCUT2D eigenvalue weighted by Gasteiger charge is -2.25. The lowest BCUT2D eigenvalue weighted by atomic mass is 9.98. The molecule has 0 radical (unpaired) electrons. The first kappa shape index (κ1) is 31.8. The maximum absolute atomic E-state index is 13.0. The largest absolute Gasteiger partial charge is 0.508 e. The zero-order valence-electron chi connectivity index (χ0n) is 21.2. The number of primary amides is 1. The first-order valence-corrected chi connectivity index (χ1v) is 11.9. The van der Waals surface area contributed by atoms with E-state index in [1.807, 2.05) is 0 Å². The summed E-state index contributed by atoms with van der Waals surface area (Å²) >= 11 is 0. The van der Waals surface area contributed by atoms with E-state index in [-0.39, 0.29) is 30.9 Å². The summed E-state index contributed by atoms with van der Waals surface area (Å²) in [6, 6.07) is 0.0791. The number of amides is 4. The number of nitrogens with two attached hydrogens (primary N) is 2. The number of carboxylic acid groups (broad SMARTS) is 2. The SMILES string of the molecule is CCC(C)C(N)C(=O)NC(CC(=O)O)C(=O)NC(Cc1ccc(O)cc1)C(=O)NC(CCC(N)=O)C(=O)O. The Kier molecular flexibility index (Phi) is 12.7. The molecule has 14 nitrogen and oxygen atoms in total. The summed E-state index contributed by atoms with van der Waals surface area (Å²) in [5.74, 6) is -6.65. The number of rotatable bonds is 16. The fourth-order valence-corrected chi connectivity index (χ4v) is 3.33. The second-order valence-corrected chi connectivity index (χ2v) is 8.91. The summed E-state index contributed by atoms with van der Waals surface area (Å²) in [6.07, 6.45) is -1.06. The summed E-state index contributed by atoms with van der Waals surface area (Å²) in [5, 5.41) is 35.1. The van der Waals surface area contributed by atoms with Crippen LogP contribution in [-0.4, -0.2) is 75.1 Å². The molecule has 0 aliphatic rings. The van der Waals surface area contributed by atoms with E-state index in [9.17, 15) is 44.1 Å². The molecule has 1 aromatic rings. The van der Waals surface area contributed by atoms with E-state index in [2.05, 4.69) is 16.0 Å². The molecular weight excluding hydrogens is 502 g/mol. The normalized spacial score (nSPS) is 14.7. The molecule has 0 heterocycles. The molecule has 0 saturated carbocycles. The van der Waals surface area contributed by atoms with E-state index in [0.717, 1.165) is 0 Å². The number of carbonyl (C=O) groups is 6. The van der Waals surface area contributed by atoms with Gasteiger partial charge in [0.25, 0.3) is 0 Å². The van der Waals surface area contributed by atoms with Crippen LogP contribution in [0.2, 0.25) is 0 Å². The van der Waals surface area contributed by atoms with Crippen molar-refractivity contribution in [1.82, 2.24) is 16.0 Å². The Morgan fingerprint density at radius 3 is 1.89 bits per heavy atom. The topological polar surface area (TPSA) is 251 Å². The molecule has 5 unspecified atom stereocenters. The summed E-state index contributed by atoms with van der Waals surface area (Å²) < 4.78 is 0. The second kappa shape index (κ2) is 15.1. The standard InChI is InChI=1S/C24H35N5O9/c1-3-12(2)20(26)23(36)29-17(11-19(32)33)22(35)28-16(10-13-4-6-14(30)7-5-13)21(34)27-15(24(37)38)8-9-18(25)31/h4-7,12,15-17,20,30H,3,8-11,26H2,1-2H3,(H2,25,31)(H,27,34)(H,28,35)(H,29,36)(H,32,33)(H,37,38). The van der Waals surface area contributed by atoms with Crippen LogP contribution in [0.15, 0.2) is 24.3 Å². The molecule has 0 aliphatic carbocycles. The Balaban J connectivity index is 3.19. The average Bonchev–Trinajstić information content (AvgIpc) is 2.85. The zero-order valence-corrected chi connectivity index (χ0v) is 21.2. The number of phenols is 1. The van der Waals surface area contributed by atoms with E-state index < -0.39 is 66.2 Å². The molecule has 0 saturated heterocycles. The molecule has 38 heavy (non-hydrogen) atoms. The highest BCUT2D eigenvalue weighted by atomic mass is 16.4. The van der Waals surface area contributed by atoms with Gasteiger partial charge in [0.1, 0.15) is 23.9 Å². The van der Waals surface area contributed by atoms with Gasteiger partial charge in [0.2, 0.25) is 23.6 Å². The summed E-state index contributed by atoms with van der Waals surface area (Å²) in [5.41, 5.74) is 11.4. The predicted octanol–water partition coefficient (Wildman–Crippen LogP) is -1.41. The molecule has 0 aromatic heterocycles. The van der Waals surface area contributed by atoms with Gasteiger partial charge in [-0.05, 0) is 30.0 Å². The zero-order chi connectivity index (χ0) is 29.0. The lowest BCUT2D eigenvalue weighted by Crippen LogP contribution is -2.58. The third-order valence-electron chi connectivity index (χ3n) is 5.87. The van der Waals surface area contributed by atoms with E-state index in [1.54, 1.807) is 13.8 Å². The number of carboxylic acids is 2. The highest BCUT2D eigenvalue weighted by Gasteiger charge is 2.32. The van der Waals surface area contributed by atoms with Crippen molar-refractivity contribution in [2.75, 3.05) is 0 Å². The van der Waals surface area contributed by atoms with Crippen molar-refractivity contribution in [3.05, 3.63) is 29.8 Å². The van der Waals surface area contributed by atoms with Crippen LogP contribution in [0.5, 0.6) is 5.75 Å². The van der Waals surface area contributed by atoms with E-state index in [1.165, 1.54) is 24.3 Å². The van der Waals surface area contributed by atoms with Crippen LogP contribution in [0.4, 0.5) is 0 Å². The number of aliphatic carboxylic acids is 2. The third-order valence-corrected chi connectivity index (χ3v) is 5.87. The maximum atomic E-state index is 13.0. The highest BCUT2D eigenvalue weighted by molar-refractivity contribution is 5.95. The van der Waals surface area contributed by atoms with Crippen LogP contribution in [0, 0.1) is 5.92 Å². The Hall–Kier alpha value is -4.20. The second-order valence-electron chi connectivity index (χ2n) is 8.91. The molecule has 14 heteroatoms. The Morgan fingerprint density at radius 2 is 1.39 bits per heavy atom. The minimum atomic E-state index is -1.59. The van der Waals surface area contributed by atoms with Crippen molar-refractivity contribution in [2.24, 2.45) is 17.4 Å². The number of hydrogen-bond acceptors (Lipinski definition) is 8. The molecule has 0 bridgehead atoms. The van der Waals surface area contributed by atoms with Crippen LogP contribution < -0.4 is 27.4 Å². The van der Waals surface area contributed by atoms with E-state index in [4.69, 9.17) is 11.5 Å². The van der Waals surface area contributed by atoms with Crippen LogP contribution in [0.25, 0.3) is 0 Å². The number of hydrogen-bond donors (Lipinski definition) is 8. The molecule has 1 aromatic carbocycles. The van der Waals surface area contributed by atoms with Crippen LogP contribution in [0.3, 0.4) is 0 Å². The number of carbonyl (C=O) groups excluding carboxylic acids is 4. The third kappa shape index (κ3) is 10.8. The van der Waals surface area contributed by atoms with Gasteiger partial charge in [-0.15, -0.1) is 0 Å². The number of nitrogens with one attached hydrogen (secondary N) is 3. The molecule has 10 N–H and O–H groups in total. The highest BCUT2D eigenvalue weighted by Crippen LogP contribution is 2.12. The molecular formula is C24H35N5O9. The van der Waals surface area contributed by atoms with E-state index in [0.29, 0.717) is 12.0 Å². The van der Waals surface area contributed by atoms with Crippen LogP contribution in [-0.2, 0) is 35.2 Å². The Morgan fingerprint density at radius 1 is 0.868 bits per heavy atom. The van der Waals surface area contributed by atoms with Gasteiger partial charge in [0, 0.05) is 12.8 Å². The van der Waals surface area contributed by atoms with Crippen molar-refractivity contribution < 1.29 is 44.1 Å². The summed E-state index contributed by atoms with van der Waals surface area (Å²) in [4.78, 5) is 72.6. The quantitative estimate of drug-likeness (QED) is 0.122. The number of phenolic OH excluding ortho intramolecular Hbond substituents is 1. The van der Waals surface area contributed by atoms with Gasteiger partial charge in [0.05, 0.1) is 12.5 Å².